The number of benzene rings is 3. The Labute approximate surface area is 143 Å². The highest BCUT2D eigenvalue weighted by Gasteiger charge is 2.13. The smallest absolute Gasteiger partial charge is 0.0406 e. The zero-order valence-corrected chi connectivity index (χ0v) is 13.9. The summed E-state index contributed by atoms with van der Waals surface area (Å²) in [5, 5.41) is 0.801. The van der Waals surface area contributed by atoms with E-state index in [4.69, 9.17) is 11.6 Å². The summed E-state index contributed by atoms with van der Waals surface area (Å²) in [5.74, 6) is 0.509. The van der Waals surface area contributed by atoms with Crippen molar-refractivity contribution >= 4 is 11.6 Å². The number of aryl methyl sites for hydroxylation is 1. The van der Waals surface area contributed by atoms with E-state index in [9.17, 15) is 0 Å². The normalized spacial score (nSPS) is 12.0. The van der Waals surface area contributed by atoms with Gasteiger partial charge in [0.1, 0.15) is 0 Å². The van der Waals surface area contributed by atoms with Crippen molar-refractivity contribution in [3.8, 4) is 0 Å². The second kappa shape index (κ2) is 7.99. The Morgan fingerprint density at radius 3 is 1.83 bits per heavy atom. The van der Waals surface area contributed by atoms with Gasteiger partial charge in [-0.15, -0.1) is 0 Å². The number of hydrogen-bond acceptors (Lipinski definition) is 0. The lowest BCUT2D eigenvalue weighted by atomic mass is 9.87. The van der Waals surface area contributed by atoms with Gasteiger partial charge in [0, 0.05) is 5.02 Å². The standard InChI is InChI=1S/C22H21Cl/c23-22-15-13-20(14-16-22)21(17-19-9-5-2-6-10-19)12-11-18-7-3-1-4-8-18/h1-10,13-16,21H,11-12,17H2. The zero-order valence-electron chi connectivity index (χ0n) is 13.2. The number of rotatable bonds is 6. The van der Waals surface area contributed by atoms with Crippen LogP contribution in [-0.2, 0) is 12.8 Å². The molecule has 0 heterocycles. The van der Waals surface area contributed by atoms with Gasteiger partial charge in [-0.05, 0) is 54.0 Å². The Morgan fingerprint density at radius 2 is 1.22 bits per heavy atom. The van der Waals surface area contributed by atoms with Gasteiger partial charge in [0.05, 0.1) is 0 Å². The van der Waals surface area contributed by atoms with Gasteiger partial charge >= 0.3 is 0 Å². The molecule has 0 aliphatic carbocycles. The summed E-state index contributed by atoms with van der Waals surface area (Å²) in [6, 6.07) is 29.8. The lowest BCUT2D eigenvalue weighted by Gasteiger charge is -2.18. The topological polar surface area (TPSA) is 0 Å². The van der Waals surface area contributed by atoms with Gasteiger partial charge in [0.15, 0.2) is 0 Å². The van der Waals surface area contributed by atoms with Crippen molar-refractivity contribution in [2.24, 2.45) is 0 Å². The molecule has 3 rings (SSSR count). The predicted octanol–water partition coefficient (Wildman–Crippen LogP) is 6.30. The van der Waals surface area contributed by atoms with Gasteiger partial charge in [0.25, 0.3) is 0 Å². The molecule has 0 N–H and O–H groups in total. The van der Waals surface area contributed by atoms with Crippen LogP contribution in [0.15, 0.2) is 84.9 Å². The highest BCUT2D eigenvalue weighted by molar-refractivity contribution is 6.30. The summed E-state index contributed by atoms with van der Waals surface area (Å²) >= 11 is 6.05. The molecule has 0 spiro atoms. The van der Waals surface area contributed by atoms with E-state index in [0.29, 0.717) is 5.92 Å². The summed E-state index contributed by atoms with van der Waals surface area (Å²) < 4.78 is 0. The third-order valence-corrected chi connectivity index (χ3v) is 4.54. The van der Waals surface area contributed by atoms with Crippen molar-refractivity contribution in [2.45, 2.75) is 25.2 Å². The molecule has 0 aliphatic rings. The fourth-order valence-electron chi connectivity index (χ4n) is 3.01. The minimum atomic E-state index is 0.509. The average molecular weight is 321 g/mol. The van der Waals surface area contributed by atoms with Crippen molar-refractivity contribution in [1.82, 2.24) is 0 Å². The van der Waals surface area contributed by atoms with Crippen LogP contribution in [0.25, 0.3) is 0 Å². The van der Waals surface area contributed by atoms with Crippen LogP contribution in [0.5, 0.6) is 0 Å². The van der Waals surface area contributed by atoms with Gasteiger partial charge in [0.2, 0.25) is 0 Å². The molecule has 0 saturated carbocycles. The first-order chi connectivity index (χ1) is 11.3. The third-order valence-electron chi connectivity index (χ3n) is 4.29. The first kappa shape index (κ1) is 15.8. The van der Waals surface area contributed by atoms with Crippen LogP contribution in [0, 0.1) is 0 Å². The summed E-state index contributed by atoms with van der Waals surface area (Å²) in [6.07, 6.45) is 3.30. The van der Waals surface area contributed by atoms with E-state index in [0.717, 1.165) is 24.3 Å². The maximum Gasteiger partial charge on any atom is 0.0406 e. The van der Waals surface area contributed by atoms with Gasteiger partial charge in [-0.2, -0.15) is 0 Å². The molecule has 0 saturated heterocycles. The second-order valence-electron chi connectivity index (χ2n) is 5.96. The van der Waals surface area contributed by atoms with E-state index in [1.165, 1.54) is 16.7 Å². The molecule has 0 radical (unpaired) electrons. The van der Waals surface area contributed by atoms with Gasteiger partial charge in [-0.3, -0.25) is 0 Å². The first-order valence-corrected chi connectivity index (χ1v) is 8.52. The largest absolute Gasteiger partial charge is 0.0843 e. The van der Waals surface area contributed by atoms with Crippen molar-refractivity contribution in [3.05, 3.63) is 107 Å². The molecule has 1 atom stereocenters. The molecule has 0 amide bonds. The van der Waals surface area contributed by atoms with Crippen molar-refractivity contribution in [3.63, 3.8) is 0 Å². The Kier molecular flexibility index (Phi) is 5.50. The molecule has 0 nitrogen and oxygen atoms in total. The van der Waals surface area contributed by atoms with E-state index in [2.05, 4.69) is 72.8 Å². The number of halogens is 1. The minimum absolute atomic E-state index is 0.509. The average Bonchev–Trinajstić information content (AvgIpc) is 2.61. The molecule has 1 heteroatoms. The first-order valence-electron chi connectivity index (χ1n) is 8.14. The van der Waals surface area contributed by atoms with Gasteiger partial charge in [-0.1, -0.05) is 84.4 Å². The summed E-state index contributed by atoms with van der Waals surface area (Å²) in [6.45, 7) is 0. The van der Waals surface area contributed by atoms with E-state index >= 15 is 0 Å². The SMILES string of the molecule is Clc1ccc(C(CCc2ccccc2)Cc2ccccc2)cc1. The van der Waals surface area contributed by atoms with Crippen LogP contribution >= 0.6 is 11.6 Å². The van der Waals surface area contributed by atoms with E-state index in [1.807, 2.05) is 12.1 Å². The van der Waals surface area contributed by atoms with Crippen LogP contribution < -0.4 is 0 Å². The van der Waals surface area contributed by atoms with Crippen molar-refractivity contribution in [2.75, 3.05) is 0 Å². The Hall–Kier alpha value is -2.05. The molecule has 0 bridgehead atoms. The van der Waals surface area contributed by atoms with Crippen LogP contribution in [0.4, 0.5) is 0 Å². The fourth-order valence-corrected chi connectivity index (χ4v) is 3.13. The molecule has 0 aromatic heterocycles. The maximum atomic E-state index is 6.05. The maximum absolute atomic E-state index is 6.05. The molecule has 3 aromatic rings. The zero-order chi connectivity index (χ0) is 15.9. The molecule has 3 aromatic carbocycles. The molecule has 0 aliphatic heterocycles. The van der Waals surface area contributed by atoms with Gasteiger partial charge in [-0.25, -0.2) is 0 Å². The van der Waals surface area contributed by atoms with Crippen LogP contribution in [0.2, 0.25) is 5.02 Å². The van der Waals surface area contributed by atoms with Gasteiger partial charge < -0.3 is 0 Å². The van der Waals surface area contributed by atoms with E-state index in [-0.39, 0.29) is 0 Å². The molecule has 116 valence electrons. The summed E-state index contributed by atoms with van der Waals surface area (Å²) in [4.78, 5) is 0. The highest BCUT2D eigenvalue weighted by atomic mass is 35.5. The molecule has 0 fully saturated rings. The molecule has 1 unspecified atom stereocenters. The fraction of sp³-hybridized carbons (Fsp3) is 0.182. The minimum Gasteiger partial charge on any atom is -0.0843 e. The predicted molar refractivity (Wildman–Crippen MR) is 99.1 cm³/mol. The Bertz CT molecular complexity index is 702. The monoisotopic (exact) mass is 320 g/mol. The second-order valence-corrected chi connectivity index (χ2v) is 6.40. The van der Waals surface area contributed by atoms with Crippen molar-refractivity contribution < 1.29 is 0 Å². The summed E-state index contributed by atoms with van der Waals surface area (Å²) in [7, 11) is 0. The lowest BCUT2D eigenvalue weighted by Crippen LogP contribution is -2.05. The number of hydrogen-bond donors (Lipinski definition) is 0. The molecular weight excluding hydrogens is 300 g/mol. The Balaban J connectivity index is 1.76. The van der Waals surface area contributed by atoms with E-state index < -0.39 is 0 Å². The van der Waals surface area contributed by atoms with Crippen LogP contribution in [-0.4, -0.2) is 0 Å². The Morgan fingerprint density at radius 1 is 0.652 bits per heavy atom. The summed E-state index contributed by atoms with van der Waals surface area (Å²) in [5.41, 5.74) is 4.16. The van der Waals surface area contributed by atoms with Crippen molar-refractivity contribution in [1.29, 1.82) is 0 Å². The third kappa shape index (κ3) is 4.71. The van der Waals surface area contributed by atoms with Crippen LogP contribution in [0.3, 0.4) is 0 Å². The molecule has 23 heavy (non-hydrogen) atoms. The van der Waals surface area contributed by atoms with Crippen LogP contribution in [0.1, 0.15) is 29.0 Å². The highest BCUT2D eigenvalue weighted by Crippen LogP contribution is 2.27. The molecular formula is C22H21Cl. The van der Waals surface area contributed by atoms with E-state index in [1.54, 1.807) is 0 Å². The lowest BCUT2D eigenvalue weighted by molar-refractivity contribution is 0.621. The quantitative estimate of drug-likeness (QED) is 0.500.